The molecule has 8 heteroatoms. The third-order valence-electron chi connectivity index (χ3n) is 4.85. The van der Waals surface area contributed by atoms with Gasteiger partial charge >= 0.3 is 0 Å². The Balaban J connectivity index is 2.01. The monoisotopic (exact) mass is 473 g/mol. The van der Waals surface area contributed by atoms with E-state index in [-0.39, 0.29) is 15.6 Å². The number of ether oxygens (including phenoxy) is 2. The zero-order chi connectivity index (χ0) is 23.5. The van der Waals surface area contributed by atoms with Crippen LogP contribution in [0, 0.1) is 20.8 Å². The van der Waals surface area contributed by atoms with Crippen LogP contribution in [0.2, 0.25) is 5.02 Å². The van der Waals surface area contributed by atoms with Gasteiger partial charge in [0, 0.05) is 0 Å². The molecule has 0 unspecified atom stereocenters. The van der Waals surface area contributed by atoms with E-state index in [1.54, 1.807) is 18.2 Å². The number of anilines is 1. The van der Waals surface area contributed by atoms with E-state index in [2.05, 4.69) is 0 Å². The van der Waals surface area contributed by atoms with E-state index in [0.717, 1.165) is 16.7 Å². The maximum absolute atomic E-state index is 13.5. The number of aryl methyl sites for hydroxylation is 3. The van der Waals surface area contributed by atoms with Crippen LogP contribution in [-0.4, -0.2) is 28.0 Å². The summed E-state index contributed by atoms with van der Waals surface area (Å²) in [4.78, 5) is 13.2. The molecule has 6 nitrogen and oxygen atoms in total. The quantitative estimate of drug-likeness (QED) is 0.478. The Morgan fingerprint density at radius 2 is 1.56 bits per heavy atom. The predicted octanol–water partition coefficient (Wildman–Crippen LogP) is 5.07. The number of hydrogen-bond acceptors (Lipinski definition) is 5. The van der Waals surface area contributed by atoms with Crippen LogP contribution in [0.1, 0.15) is 16.7 Å². The van der Waals surface area contributed by atoms with E-state index in [1.807, 2.05) is 32.9 Å². The average Bonchev–Trinajstić information content (AvgIpc) is 2.75. The second-order valence-corrected chi connectivity index (χ2v) is 9.55. The van der Waals surface area contributed by atoms with E-state index in [9.17, 15) is 13.2 Å². The van der Waals surface area contributed by atoms with Crippen LogP contribution >= 0.6 is 11.6 Å². The molecule has 0 saturated heterocycles. The molecule has 3 rings (SSSR count). The predicted molar refractivity (Wildman–Crippen MR) is 125 cm³/mol. The normalized spacial score (nSPS) is 11.2. The maximum Gasteiger partial charge on any atom is 0.278 e. The van der Waals surface area contributed by atoms with Crippen molar-refractivity contribution in [2.24, 2.45) is 0 Å². The summed E-state index contributed by atoms with van der Waals surface area (Å²) in [7, 11) is -2.78. The molecule has 32 heavy (non-hydrogen) atoms. The lowest BCUT2D eigenvalue weighted by Crippen LogP contribution is -2.40. The van der Waals surface area contributed by atoms with E-state index >= 15 is 0 Å². The first-order valence-corrected chi connectivity index (χ1v) is 11.6. The van der Waals surface area contributed by atoms with Crippen molar-refractivity contribution in [3.8, 4) is 11.5 Å². The first kappa shape index (κ1) is 23.6. The Morgan fingerprint density at radius 3 is 2.19 bits per heavy atom. The average molecular weight is 474 g/mol. The SMILES string of the molecule is COc1ccc(N(C(=O)COc2cc(C)ccc2C)S(=O)(=O)c2ccc(C)cc2)cc1Cl. The molecular weight excluding hydrogens is 450 g/mol. The van der Waals surface area contributed by atoms with Crippen LogP contribution in [0.5, 0.6) is 11.5 Å². The molecule has 0 aliphatic carbocycles. The van der Waals surface area contributed by atoms with Crippen LogP contribution in [-0.2, 0) is 14.8 Å². The van der Waals surface area contributed by atoms with Crippen molar-refractivity contribution in [2.45, 2.75) is 25.7 Å². The lowest BCUT2D eigenvalue weighted by molar-refractivity contribution is -0.119. The van der Waals surface area contributed by atoms with Crippen molar-refractivity contribution < 1.29 is 22.7 Å². The van der Waals surface area contributed by atoms with Gasteiger partial charge < -0.3 is 9.47 Å². The second-order valence-electron chi connectivity index (χ2n) is 7.35. The number of nitrogens with zero attached hydrogens (tertiary/aromatic N) is 1. The van der Waals surface area contributed by atoms with Gasteiger partial charge in [-0.2, -0.15) is 4.31 Å². The Labute approximate surface area is 193 Å². The molecule has 3 aromatic rings. The third-order valence-corrected chi connectivity index (χ3v) is 6.91. The second kappa shape index (κ2) is 9.63. The molecule has 168 valence electrons. The highest BCUT2D eigenvalue weighted by molar-refractivity contribution is 7.93. The highest BCUT2D eigenvalue weighted by Gasteiger charge is 2.32. The molecule has 0 spiro atoms. The van der Waals surface area contributed by atoms with Crippen molar-refractivity contribution in [3.63, 3.8) is 0 Å². The van der Waals surface area contributed by atoms with Crippen LogP contribution in [0.25, 0.3) is 0 Å². The summed E-state index contributed by atoms with van der Waals surface area (Å²) < 4.78 is 38.5. The largest absolute Gasteiger partial charge is 0.495 e. The minimum Gasteiger partial charge on any atom is -0.495 e. The van der Waals surface area contributed by atoms with Crippen molar-refractivity contribution >= 4 is 33.2 Å². The molecule has 0 aliphatic heterocycles. The van der Waals surface area contributed by atoms with Crippen LogP contribution in [0.3, 0.4) is 0 Å². The molecule has 0 atom stereocenters. The molecule has 0 radical (unpaired) electrons. The molecule has 0 fully saturated rings. The number of carbonyl (C=O) groups is 1. The smallest absolute Gasteiger partial charge is 0.278 e. The Bertz CT molecular complexity index is 1240. The number of amides is 1. The zero-order valence-corrected chi connectivity index (χ0v) is 19.8. The first-order chi connectivity index (χ1) is 15.1. The van der Waals surface area contributed by atoms with Crippen molar-refractivity contribution in [1.82, 2.24) is 0 Å². The number of benzene rings is 3. The molecule has 1 amide bonds. The number of halogens is 1. The van der Waals surface area contributed by atoms with Crippen molar-refractivity contribution in [1.29, 1.82) is 0 Å². The molecule has 0 aliphatic rings. The molecule has 0 bridgehead atoms. The summed E-state index contributed by atoms with van der Waals surface area (Å²) in [6.07, 6.45) is 0. The molecule has 0 saturated carbocycles. The third kappa shape index (κ3) is 5.06. The topological polar surface area (TPSA) is 72.9 Å². The highest BCUT2D eigenvalue weighted by atomic mass is 35.5. The highest BCUT2D eigenvalue weighted by Crippen LogP contribution is 2.32. The Kier molecular flexibility index (Phi) is 7.11. The molecule has 0 aromatic heterocycles. The van der Waals surface area contributed by atoms with Gasteiger partial charge in [-0.25, -0.2) is 8.42 Å². The van der Waals surface area contributed by atoms with Gasteiger partial charge in [0.1, 0.15) is 11.5 Å². The van der Waals surface area contributed by atoms with Gasteiger partial charge in [0.15, 0.2) is 6.61 Å². The van der Waals surface area contributed by atoms with Crippen LogP contribution in [0.4, 0.5) is 5.69 Å². The number of sulfonamides is 1. The number of carbonyl (C=O) groups excluding carboxylic acids is 1. The fourth-order valence-corrected chi connectivity index (χ4v) is 4.73. The van der Waals surface area contributed by atoms with Crippen molar-refractivity contribution in [2.75, 3.05) is 18.0 Å². The molecular formula is C24H24ClNO5S. The van der Waals surface area contributed by atoms with E-state index in [0.29, 0.717) is 15.8 Å². The lowest BCUT2D eigenvalue weighted by Gasteiger charge is -2.23. The van der Waals surface area contributed by atoms with Gasteiger partial charge in [-0.3, -0.25) is 4.79 Å². The number of rotatable bonds is 7. The van der Waals surface area contributed by atoms with Gasteiger partial charge in [-0.15, -0.1) is 0 Å². The lowest BCUT2D eigenvalue weighted by atomic mass is 10.1. The van der Waals surface area contributed by atoms with Crippen LogP contribution in [0.15, 0.2) is 65.6 Å². The summed E-state index contributed by atoms with van der Waals surface area (Å²) in [6, 6.07) is 16.2. The van der Waals surface area contributed by atoms with Gasteiger partial charge in [-0.05, 0) is 68.3 Å². The minimum absolute atomic E-state index is 0.0184. The van der Waals surface area contributed by atoms with Crippen LogP contribution < -0.4 is 13.8 Å². The van der Waals surface area contributed by atoms with Crippen molar-refractivity contribution in [3.05, 3.63) is 82.4 Å². The minimum atomic E-state index is -4.22. The first-order valence-electron chi connectivity index (χ1n) is 9.82. The van der Waals surface area contributed by atoms with E-state index in [1.165, 1.54) is 37.4 Å². The molecule has 0 N–H and O–H groups in total. The van der Waals surface area contributed by atoms with Gasteiger partial charge in [-0.1, -0.05) is 41.4 Å². The molecule has 3 aromatic carbocycles. The van der Waals surface area contributed by atoms with E-state index < -0.39 is 22.5 Å². The summed E-state index contributed by atoms with van der Waals surface area (Å²) in [5.41, 5.74) is 2.78. The Hall–Kier alpha value is -3.03. The number of methoxy groups -OCH3 is 1. The standard InChI is InChI=1S/C24H24ClNO5S/c1-16-6-10-20(11-7-16)32(28,29)26(19-9-12-22(30-4)21(25)14-19)24(27)15-31-23-13-17(2)5-8-18(23)3/h5-14H,15H2,1-4H3. The van der Waals surface area contributed by atoms with Gasteiger partial charge in [0.2, 0.25) is 0 Å². The summed E-state index contributed by atoms with van der Waals surface area (Å²) in [6.45, 7) is 5.13. The van der Waals surface area contributed by atoms with E-state index in [4.69, 9.17) is 21.1 Å². The summed E-state index contributed by atoms with van der Waals surface area (Å²) in [5, 5.41) is 0.178. The van der Waals surface area contributed by atoms with Gasteiger partial charge in [0.25, 0.3) is 15.9 Å². The maximum atomic E-state index is 13.5. The Morgan fingerprint density at radius 1 is 0.906 bits per heavy atom. The van der Waals surface area contributed by atoms with Gasteiger partial charge in [0.05, 0.1) is 22.7 Å². The fraction of sp³-hybridized carbons (Fsp3) is 0.208. The fourth-order valence-electron chi connectivity index (χ4n) is 3.08. The summed E-state index contributed by atoms with van der Waals surface area (Å²) in [5.74, 6) is 0.119. The zero-order valence-electron chi connectivity index (χ0n) is 18.3. The summed E-state index contributed by atoms with van der Waals surface area (Å²) >= 11 is 6.22. The number of hydrogen-bond donors (Lipinski definition) is 0. The molecule has 0 heterocycles.